The van der Waals surface area contributed by atoms with Crippen molar-refractivity contribution in [2.45, 2.75) is 31.8 Å². The molecule has 0 spiro atoms. The number of rotatable bonds is 7. The van der Waals surface area contributed by atoms with E-state index in [1.807, 2.05) is 35.2 Å². The lowest BCUT2D eigenvalue weighted by molar-refractivity contribution is -0.133. The highest BCUT2D eigenvalue weighted by Crippen LogP contribution is 2.33. The second kappa shape index (κ2) is 9.56. The summed E-state index contributed by atoms with van der Waals surface area (Å²) in [6, 6.07) is 18.3. The maximum absolute atomic E-state index is 12.6. The van der Waals surface area contributed by atoms with Crippen molar-refractivity contribution >= 4 is 5.91 Å². The van der Waals surface area contributed by atoms with Gasteiger partial charge in [0.15, 0.2) is 0 Å². The van der Waals surface area contributed by atoms with Gasteiger partial charge in [0.1, 0.15) is 5.75 Å². The van der Waals surface area contributed by atoms with Crippen LogP contribution in [-0.4, -0.2) is 38.1 Å². The first kappa shape index (κ1) is 19.4. The molecule has 27 heavy (non-hydrogen) atoms. The molecule has 2 aromatic carbocycles. The van der Waals surface area contributed by atoms with E-state index in [-0.39, 0.29) is 12.0 Å². The summed E-state index contributed by atoms with van der Waals surface area (Å²) in [6.07, 6.45) is 3.38. The fourth-order valence-corrected chi connectivity index (χ4v) is 3.93. The van der Waals surface area contributed by atoms with Gasteiger partial charge in [0, 0.05) is 26.6 Å². The Morgan fingerprint density at radius 3 is 2.48 bits per heavy atom. The Hall–Kier alpha value is -2.33. The Bertz CT molecular complexity index is 723. The molecule has 0 aromatic heterocycles. The molecule has 0 aliphatic carbocycles. The van der Waals surface area contributed by atoms with E-state index in [9.17, 15) is 4.79 Å². The number of likely N-dealkylation sites (tertiary alicyclic amines) is 1. The first-order chi connectivity index (χ1) is 13.2. The molecule has 1 saturated heterocycles. The van der Waals surface area contributed by atoms with Crippen LogP contribution in [0.1, 0.15) is 36.5 Å². The molecule has 4 nitrogen and oxygen atoms in total. The summed E-state index contributed by atoms with van der Waals surface area (Å²) in [7, 11) is 3.44. The largest absolute Gasteiger partial charge is 0.497 e. The molecule has 1 fully saturated rings. The Balaban J connectivity index is 1.50. The van der Waals surface area contributed by atoms with E-state index in [0.717, 1.165) is 43.7 Å². The van der Waals surface area contributed by atoms with Crippen LogP contribution in [-0.2, 0) is 16.0 Å². The van der Waals surface area contributed by atoms with E-state index in [1.54, 1.807) is 14.2 Å². The van der Waals surface area contributed by atoms with Crippen molar-refractivity contribution in [1.82, 2.24) is 4.90 Å². The van der Waals surface area contributed by atoms with Gasteiger partial charge in [-0.3, -0.25) is 4.79 Å². The molecule has 4 heteroatoms. The minimum Gasteiger partial charge on any atom is -0.497 e. The molecule has 1 atom stereocenters. The van der Waals surface area contributed by atoms with Crippen LogP contribution in [0.4, 0.5) is 0 Å². The molecule has 0 bridgehead atoms. The van der Waals surface area contributed by atoms with Crippen LogP contribution in [0.25, 0.3) is 0 Å². The van der Waals surface area contributed by atoms with Crippen molar-refractivity contribution in [3.8, 4) is 5.75 Å². The zero-order chi connectivity index (χ0) is 19.1. The number of ether oxygens (including phenoxy) is 2. The third kappa shape index (κ3) is 5.10. The Kier molecular flexibility index (Phi) is 6.88. The standard InChI is InChI=1S/C23H29NO3/c1-26-21-10-6-7-18(17-21)11-12-22(25)24-15-13-20(14-16-24)23(27-2)19-8-4-3-5-9-19/h3-10,17,20,23H,11-16H2,1-2H3. The van der Waals surface area contributed by atoms with Crippen molar-refractivity contribution in [2.75, 3.05) is 27.3 Å². The smallest absolute Gasteiger partial charge is 0.222 e. The minimum absolute atomic E-state index is 0.111. The molecule has 144 valence electrons. The van der Waals surface area contributed by atoms with Gasteiger partial charge in [-0.05, 0) is 48.4 Å². The van der Waals surface area contributed by atoms with Crippen LogP contribution in [0.15, 0.2) is 54.6 Å². The van der Waals surface area contributed by atoms with Gasteiger partial charge in [-0.25, -0.2) is 0 Å². The van der Waals surface area contributed by atoms with Crippen molar-refractivity contribution in [1.29, 1.82) is 0 Å². The molecule has 0 saturated carbocycles. The lowest BCUT2D eigenvalue weighted by Crippen LogP contribution is -2.40. The van der Waals surface area contributed by atoms with Gasteiger partial charge in [0.2, 0.25) is 5.91 Å². The number of amides is 1. The number of methoxy groups -OCH3 is 2. The Labute approximate surface area is 162 Å². The summed E-state index contributed by atoms with van der Waals surface area (Å²) in [5, 5.41) is 0. The third-order valence-electron chi connectivity index (χ3n) is 5.46. The first-order valence-electron chi connectivity index (χ1n) is 9.69. The quantitative estimate of drug-likeness (QED) is 0.734. The molecule has 0 N–H and O–H groups in total. The topological polar surface area (TPSA) is 38.8 Å². The van der Waals surface area contributed by atoms with E-state index >= 15 is 0 Å². The number of nitrogens with zero attached hydrogens (tertiary/aromatic N) is 1. The number of carbonyl (C=O) groups is 1. The number of carbonyl (C=O) groups excluding carboxylic acids is 1. The van der Waals surface area contributed by atoms with Crippen molar-refractivity contribution < 1.29 is 14.3 Å². The molecule has 2 aromatic rings. The number of aryl methyl sites for hydroxylation is 1. The summed E-state index contributed by atoms with van der Waals surface area (Å²) >= 11 is 0. The molecule has 1 unspecified atom stereocenters. The van der Waals surface area contributed by atoms with Gasteiger partial charge >= 0.3 is 0 Å². The average molecular weight is 367 g/mol. The van der Waals surface area contributed by atoms with E-state index in [4.69, 9.17) is 9.47 Å². The molecule has 1 amide bonds. The monoisotopic (exact) mass is 367 g/mol. The second-order valence-electron chi connectivity index (χ2n) is 7.14. The summed E-state index contributed by atoms with van der Waals surface area (Å²) in [4.78, 5) is 14.6. The summed E-state index contributed by atoms with van der Waals surface area (Å²) in [5.41, 5.74) is 2.36. The van der Waals surface area contributed by atoms with E-state index in [2.05, 4.69) is 24.3 Å². The summed E-state index contributed by atoms with van der Waals surface area (Å²) in [6.45, 7) is 1.63. The van der Waals surface area contributed by atoms with Gasteiger partial charge in [-0.2, -0.15) is 0 Å². The highest BCUT2D eigenvalue weighted by molar-refractivity contribution is 5.76. The summed E-state index contributed by atoms with van der Waals surface area (Å²) < 4.78 is 11.0. The SMILES string of the molecule is COc1cccc(CCC(=O)N2CCC(C(OC)c3ccccc3)CC2)c1. The average Bonchev–Trinajstić information content (AvgIpc) is 2.74. The lowest BCUT2D eigenvalue weighted by Gasteiger charge is -2.35. The van der Waals surface area contributed by atoms with Crippen molar-refractivity contribution in [3.63, 3.8) is 0 Å². The zero-order valence-corrected chi connectivity index (χ0v) is 16.3. The normalized spacial score (nSPS) is 16.1. The van der Waals surface area contributed by atoms with Crippen LogP contribution in [0.2, 0.25) is 0 Å². The third-order valence-corrected chi connectivity index (χ3v) is 5.46. The minimum atomic E-state index is 0.111. The number of hydrogen-bond donors (Lipinski definition) is 0. The molecule has 1 heterocycles. The second-order valence-corrected chi connectivity index (χ2v) is 7.14. The zero-order valence-electron chi connectivity index (χ0n) is 16.3. The van der Waals surface area contributed by atoms with E-state index < -0.39 is 0 Å². The molecular weight excluding hydrogens is 338 g/mol. The van der Waals surface area contributed by atoms with Gasteiger partial charge in [-0.1, -0.05) is 42.5 Å². The van der Waals surface area contributed by atoms with Crippen LogP contribution in [0, 0.1) is 5.92 Å². The van der Waals surface area contributed by atoms with E-state index in [0.29, 0.717) is 12.3 Å². The summed E-state index contributed by atoms with van der Waals surface area (Å²) in [5.74, 6) is 1.54. The predicted molar refractivity (Wildman–Crippen MR) is 107 cm³/mol. The maximum atomic E-state index is 12.6. The molecule has 1 aliphatic heterocycles. The highest BCUT2D eigenvalue weighted by atomic mass is 16.5. The fourth-order valence-electron chi connectivity index (χ4n) is 3.93. The number of hydrogen-bond acceptors (Lipinski definition) is 3. The lowest BCUT2D eigenvalue weighted by atomic mass is 9.87. The predicted octanol–water partition coefficient (Wildman–Crippen LogP) is 4.25. The first-order valence-corrected chi connectivity index (χ1v) is 9.69. The van der Waals surface area contributed by atoms with Gasteiger partial charge in [-0.15, -0.1) is 0 Å². The van der Waals surface area contributed by atoms with Crippen LogP contribution < -0.4 is 4.74 Å². The van der Waals surface area contributed by atoms with Gasteiger partial charge < -0.3 is 14.4 Å². The van der Waals surface area contributed by atoms with Crippen LogP contribution in [0.5, 0.6) is 5.75 Å². The fraction of sp³-hybridized carbons (Fsp3) is 0.435. The molecule has 3 rings (SSSR count). The van der Waals surface area contributed by atoms with Crippen molar-refractivity contribution in [2.24, 2.45) is 5.92 Å². The number of benzene rings is 2. The van der Waals surface area contributed by atoms with Crippen LogP contribution in [0.3, 0.4) is 0 Å². The van der Waals surface area contributed by atoms with Gasteiger partial charge in [0.05, 0.1) is 13.2 Å². The highest BCUT2D eigenvalue weighted by Gasteiger charge is 2.29. The van der Waals surface area contributed by atoms with Crippen molar-refractivity contribution in [3.05, 3.63) is 65.7 Å². The Morgan fingerprint density at radius 2 is 1.81 bits per heavy atom. The number of piperidine rings is 1. The Morgan fingerprint density at radius 1 is 1.07 bits per heavy atom. The maximum Gasteiger partial charge on any atom is 0.222 e. The molecule has 0 radical (unpaired) electrons. The molecule has 1 aliphatic rings. The van der Waals surface area contributed by atoms with E-state index in [1.165, 1.54) is 5.56 Å². The van der Waals surface area contributed by atoms with Gasteiger partial charge in [0.25, 0.3) is 0 Å². The molecular formula is C23H29NO3. The van der Waals surface area contributed by atoms with Crippen LogP contribution >= 0.6 is 0 Å².